The molecule has 4 heterocycles. The van der Waals surface area contributed by atoms with Crippen molar-refractivity contribution in [3.63, 3.8) is 0 Å². The van der Waals surface area contributed by atoms with E-state index < -0.39 is 0 Å². The maximum absolute atomic E-state index is 5.56. The van der Waals surface area contributed by atoms with Gasteiger partial charge in [0.2, 0.25) is 0 Å². The first-order valence-corrected chi connectivity index (χ1v) is 11.4. The zero-order valence-corrected chi connectivity index (χ0v) is 18.5. The number of hydrogen-bond acceptors (Lipinski definition) is 7. The van der Waals surface area contributed by atoms with Crippen LogP contribution in [-0.2, 0) is 16.0 Å². The molecule has 1 N–H and O–H groups in total. The lowest BCUT2D eigenvalue weighted by molar-refractivity contribution is 0.0615. The van der Waals surface area contributed by atoms with Crippen LogP contribution in [0.3, 0.4) is 0 Å². The van der Waals surface area contributed by atoms with Gasteiger partial charge >= 0.3 is 0 Å². The monoisotopic (exact) mass is 434 g/mol. The lowest BCUT2D eigenvalue weighted by Gasteiger charge is -2.29. The van der Waals surface area contributed by atoms with E-state index in [1.165, 1.54) is 5.56 Å². The average molecular weight is 435 g/mol. The second-order valence-corrected chi connectivity index (χ2v) is 8.54. The third-order valence-electron chi connectivity index (χ3n) is 6.13. The van der Waals surface area contributed by atoms with Gasteiger partial charge in [-0.3, -0.25) is 5.43 Å². The van der Waals surface area contributed by atoms with E-state index in [1.54, 1.807) is 0 Å². The summed E-state index contributed by atoms with van der Waals surface area (Å²) in [5, 5.41) is 4.45. The Morgan fingerprint density at radius 1 is 1.12 bits per heavy atom. The molecule has 0 atom stereocenters. The van der Waals surface area contributed by atoms with E-state index in [9.17, 15) is 0 Å². The molecule has 5 rings (SSSR count). The Hall–Kier alpha value is -2.97. The summed E-state index contributed by atoms with van der Waals surface area (Å²) in [5.74, 6) is 1.31. The van der Waals surface area contributed by atoms with E-state index in [0.717, 1.165) is 87.1 Å². The number of anilines is 2. The summed E-state index contributed by atoms with van der Waals surface area (Å²) in [4.78, 5) is 12.0. The fourth-order valence-electron chi connectivity index (χ4n) is 4.38. The van der Waals surface area contributed by atoms with E-state index in [0.29, 0.717) is 5.92 Å². The van der Waals surface area contributed by atoms with E-state index in [2.05, 4.69) is 39.1 Å². The summed E-state index contributed by atoms with van der Waals surface area (Å²) in [6, 6.07) is 10.3. The predicted molar refractivity (Wildman–Crippen MR) is 126 cm³/mol. The number of hydrazone groups is 1. The first kappa shape index (κ1) is 20.9. The minimum Gasteiger partial charge on any atom is -0.381 e. The number of hydrogen-bond donors (Lipinski definition) is 1. The minimum absolute atomic E-state index is 0.589. The molecule has 2 aliphatic rings. The molecule has 32 heavy (non-hydrogen) atoms. The molecule has 0 radical (unpaired) electrons. The molecule has 168 valence electrons. The highest BCUT2D eigenvalue weighted by molar-refractivity contribution is 5.89. The van der Waals surface area contributed by atoms with Crippen molar-refractivity contribution in [3.05, 3.63) is 47.8 Å². The van der Waals surface area contributed by atoms with Crippen molar-refractivity contribution in [2.45, 2.75) is 26.3 Å². The number of nitrogens with one attached hydrogen (secondary N) is 1. The summed E-state index contributed by atoms with van der Waals surface area (Å²) in [6.45, 7) is 7.80. The zero-order chi connectivity index (χ0) is 21.8. The SMILES string of the molecule is Cc1cccc(/C=N/Nc2cc(N3CCOCC3)c3ncn(CC4CCOCC4)c3n2)c1. The van der Waals surface area contributed by atoms with E-state index in [1.807, 2.05) is 30.7 Å². The quantitative estimate of drug-likeness (QED) is 0.473. The van der Waals surface area contributed by atoms with Crippen LogP contribution < -0.4 is 10.3 Å². The number of benzene rings is 1. The Kier molecular flexibility index (Phi) is 6.31. The molecule has 3 aromatic rings. The van der Waals surface area contributed by atoms with Gasteiger partial charge in [-0.15, -0.1) is 0 Å². The normalized spacial score (nSPS) is 18.0. The summed E-state index contributed by atoms with van der Waals surface area (Å²) < 4.78 is 13.3. The average Bonchev–Trinajstić information content (AvgIpc) is 3.22. The molecule has 0 saturated carbocycles. The first-order chi connectivity index (χ1) is 15.8. The summed E-state index contributed by atoms with van der Waals surface area (Å²) in [5.41, 5.74) is 8.32. The molecule has 0 amide bonds. The van der Waals surface area contributed by atoms with Crippen LogP contribution in [0, 0.1) is 12.8 Å². The molecule has 2 aliphatic heterocycles. The number of morpholine rings is 1. The highest BCUT2D eigenvalue weighted by Gasteiger charge is 2.21. The van der Waals surface area contributed by atoms with Gasteiger partial charge in [0.05, 0.1) is 31.4 Å². The van der Waals surface area contributed by atoms with Crippen LogP contribution in [0.2, 0.25) is 0 Å². The third-order valence-corrected chi connectivity index (χ3v) is 6.13. The number of pyridine rings is 1. The zero-order valence-electron chi connectivity index (χ0n) is 18.5. The highest BCUT2D eigenvalue weighted by Crippen LogP contribution is 2.29. The van der Waals surface area contributed by atoms with Gasteiger partial charge < -0.3 is 18.9 Å². The van der Waals surface area contributed by atoms with Gasteiger partial charge in [-0.1, -0.05) is 29.8 Å². The Morgan fingerprint density at radius 2 is 1.94 bits per heavy atom. The van der Waals surface area contributed by atoms with Gasteiger partial charge in [-0.2, -0.15) is 5.10 Å². The van der Waals surface area contributed by atoms with Crippen LogP contribution in [0.4, 0.5) is 11.5 Å². The number of aromatic nitrogens is 3. The molecule has 8 nitrogen and oxygen atoms in total. The van der Waals surface area contributed by atoms with E-state index in [-0.39, 0.29) is 0 Å². The maximum Gasteiger partial charge on any atom is 0.164 e. The molecule has 0 bridgehead atoms. The van der Waals surface area contributed by atoms with Crippen LogP contribution in [0.5, 0.6) is 0 Å². The maximum atomic E-state index is 5.56. The fourth-order valence-corrected chi connectivity index (χ4v) is 4.38. The summed E-state index contributed by atoms with van der Waals surface area (Å²) in [7, 11) is 0. The number of rotatable bonds is 6. The molecule has 2 aromatic heterocycles. The first-order valence-electron chi connectivity index (χ1n) is 11.4. The van der Waals surface area contributed by atoms with Crippen molar-refractivity contribution >= 4 is 28.9 Å². The molecule has 2 fully saturated rings. The van der Waals surface area contributed by atoms with Gasteiger partial charge in [0, 0.05) is 38.9 Å². The minimum atomic E-state index is 0.589. The number of nitrogens with zero attached hydrogens (tertiary/aromatic N) is 5. The smallest absolute Gasteiger partial charge is 0.164 e. The molecular formula is C24H30N6O2. The van der Waals surface area contributed by atoms with Crippen LogP contribution >= 0.6 is 0 Å². The van der Waals surface area contributed by atoms with Crippen LogP contribution in [-0.4, -0.2) is 60.3 Å². The third kappa shape index (κ3) is 4.76. The number of aryl methyl sites for hydroxylation is 1. The highest BCUT2D eigenvalue weighted by atomic mass is 16.5. The largest absolute Gasteiger partial charge is 0.381 e. The molecule has 0 aliphatic carbocycles. The van der Waals surface area contributed by atoms with Gasteiger partial charge in [0.1, 0.15) is 5.52 Å². The van der Waals surface area contributed by atoms with Crippen molar-refractivity contribution in [1.82, 2.24) is 14.5 Å². The van der Waals surface area contributed by atoms with Crippen molar-refractivity contribution < 1.29 is 9.47 Å². The van der Waals surface area contributed by atoms with Gasteiger partial charge in [-0.05, 0) is 31.2 Å². The molecule has 0 unspecified atom stereocenters. The predicted octanol–water partition coefficient (Wildman–Crippen LogP) is 3.45. The van der Waals surface area contributed by atoms with E-state index >= 15 is 0 Å². The van der Waals surface area contributed by atoms with Crippen molar-refractivity contribution in [2.24, 2.45) is 11.0 Å². The van der Waals surface area contributed by atoms with Gasteiger partial charge in [0.25, 0.3) is 0 Å². The molecular weight excluding hydrogens is 404 g/mol. The van der Waals surface area contributed by atoms with Crippen molar-refractivity contribution in [1.29, 1.82) is 0 Å². The number of ether oxygens (including phenoxy) is 2. The Morgan fingerprint density at radius 3 is 2.75 bits per heavy atom. The van der Waals surface area contributed by atoms with Gasteiger partial charge in [0.15, 0.2) is 11.5 Å². The molecule has 1 aromatic carbocycles. The summed E-state index contributed by atoms with van der Waals surface area (Å²) in [6.07, 6.45) is 5.91. The topological polar surface area (TPSA) is 76.8 Å². The Bertz CT molecular complexity index is 1080. The Balaban J connectivity index is 1.44. The van der Waals surface area contributed by atoms with Gasteiger partial charge in [-0.25, -0.2) is 9.97 Å². The Labute approximate surface area is 188 Å². The number of imidazole rings is 1. The van der Waals surface area contributed by atoms with Crippen LogP contribution in [0.1, 0.15) is 24.0 Å². The lowest BCUT2D eigenvalue weighted by Crippen LogP contribution is -2.36. The van der Waals surface area contributed by atoms with Crippen molar-refractivity contribution in [3.8, 4) is 0 Å². The van der Waals surface area contributed by atoms with Crippen LogP contribution in [0.25, 0.3) is 11.2 Å². The fraction of sp³-hybridized carbons (Fsp3) is 0.458. The van der Waals surface area contributed by atoms with E-state index in [4.69, 9.17) is 19.4 Å². The molecule has 2 saturated heterocycles. The van der Waals surface area contributed by atoms with Crippen molar-refractivity contribution in [2.75, 3.05) is 49.8 Å². The second-order valence-electron chi connectivity index (χ2n) is 8.54. The second kappa shape index (κ2) is 9.67. The van der Waals surface area contributed by atoms with Crippen LogP contribution in [0.15, 0.2) is 41.8 Å². The number of fused-ring (bicyclic) bond motifs is 1. The molecule has 0 spiro atoms. The standard InChI is InChI=1S/C24H30N6O2/c1-18-3-2-4-20(13-18)15-26-28-22-14-21(29-7-11-32-12-8-29)23-24(27-22)30(17-25-23)16-19-5-9-31-10-6-19/h2-4,13-15,17,19H,5-12,16H2,1H3,(H,27,28)/b26-15+. The molecule has 8 heteroatoms. The lowest BCUT2D eigenvalue weighted by atomic mass is 10.0. The summed E-state index contributed by atoms with van der Waals surface area (Å²) >= 11 is 0.